The van der Waals surface area contributed by atoms with Crippen molar-refractivity contribution in [2.75, 3.05) is 13.3 Å². The minimum atomic E-state index is -3.21. The third-order valence-corrected chi connectivity index (χ3v) is 4.73. The van der Waals surface area contributed by atoms with Gasteiger partial charge in [0.05, 0.1) is 16.5 Å². The van der Waals surface area contributed by atoms with Crippen molar-refractivity contribution in [1.82, 2.24) is 9.88 Å². The fourth-order valence-corrected chi connectivity index (χ4v) is 2.72. The first-order chi connectivity index (χ1) is 10.3. The molecule has 0 saturated carbocycles. The molecule has 0 fully saturated rings. The lowest BCUT2D eigenvalue weighted by atomic mass is 10.1. The van der Waals surface area contributed by atoms with Crippen LogP contribution < -0.4 is 0 Å². The number of aromatic nitrogens is 1. The molecule has 1 aromatic carbocycles. The molecule has 1 aromatic heterocycles. The van der Waals surface area contributed by atoms with E-state index in [1.807, 2.05) is 6.92 Å². The summed E-state index contributed by atoms with van der Waals surface area (Å²) in [6.45, 7) is 1.89. The van der Waals surface area contributed by atoms with Crippen molar-refractivity contribution in [3.8, 4) is 0 Å². The largest absolute Gasteiger partial charge is 0.335 e. The van der Waals surface area contributed by atoms with E-state index in [1.165, 1.54) is 12.5 Å². The fraction of sp³-hybridized carbons (Fsp3) is 0.250. The number of nitrogens with zero attached hydrogens (tertiary/aromatic N) is 2. The molecule has 5 nitrogen and oxygen atoms in total. The molecule has 1 unspecified atom stereocenters. The van der Waals surface area contributed by atoms with Crippen molar-refractivity contribution in [3.63, 3.8) is 0 Å². The number of hydrogen-bond donors (Lipinski definition) is 0. The number of pyridine rings is 1. The van der Waals surface area contributed by atoms with Gasteiger partial charge < -0.3 is 4.90 Å². The van der Waals surface area contributed by atoms with Crippen LogP contribution in [-0.2, 0) is 9.84 Å². The Balaban J connectivity index is 2.20. The van der Waals surface area contributed by atoms with Crippen LogP contribution >= 0.6 is 0 Å². The lowest BCUT2D eigenvalue weighted by Crippen LogP contribution is -2.29. The summed E-state index contributed by atoms with van der Waals surface area (Å²) in [5, 5.41) is 0. The van der Waals surface area contributed by atoms with Crippen molar-refractivity contribution in [3.05, 3.63) is 59.9 Å². The van der Waals surface area contributed by atoms with Gasteiger partial charge in [-0.2, -0.15) is 0 Å². The Morgan fingerprint density at radius 3 is 2.32 bits per heavy atom. The molecule has 0 saturated heterocycles. The van der Waals surface area contributed by atoms with E-state index in [0.717, 1.165) is 5.56 Å². The fourth-order valence-electron chi connectivity index (χ4n) is 2.09. The summed E-state index contributed by atoms with van der Waals surface area (Å²) >= 11 is 0. The highest BCUT2D eigenvalue weighted by Gasteiger charge is 2.19. The molecule has 0 aliphatic heterocycles. The Morgan fingerprint density at radius 1 is 1.18 bits per heavy atom. The molecule has 0 N–H and O–H groups in total. The van der Waals surface area contributed by atoms with Crippen LogP contribution in [0.2, 0.25) is 0 Å². The minimum absolute atomic E-state index is 0.132. The summed E-state index contributed by atoms with van der Waals surface area (Å²) in [5.74, 6) is -0.132. The molecule has 6 heteroatoms. The summed E-state index contributed by atoms with van der Waals surface area (Å²) in [7, 11) is -1.50. The molecule has 1 amide bonds. The van der Waals surface area contributed by atoms with E-state index in [1.54, 1.807) is 54.5 Å². The van der Waals surface area contributed by atoms with Crippen LogP contribution in [0.4, 0.5) is 0 Å². The van der Waals surface area contributed by atoms with Gasteiger partial charge in [0.2, 0.25) is 0 Å². The number of carbonyl (C=O) groups is 1. The number of amides is 1. The average Bonchev–Trinajstić information content (AvgIpc) is 2.53. The SMILES string of the molecule is CC(c1ccc(S(C)(=O)=O)cc1)N(C)C(=O)c1cccnc1. The molecule has 22 heavy (non-hydrogen) atoms. The zero-order valence-electron chi connectivity index (χ0n) is 12.7. The van der Waals surface area contributed by atoms with Crippen molar-refractivity contribution >= 4 is 15.7 Å². The summed E-state index contributed by atoms with van der Waals surface area (Å²) < 4.78 is 22.9. The van der Waals surface area contributed by atoms with Crippen molar-refractivity contribution in [2.24, 2.45) is 0 Å². The Kier molecular flexibility index (Phi) is 4.61. The predicted molar refractivity (Wildman–Crippen MR) is 84.3 cm³/mol. The van der Waals surface area contributed by atoms with Gasteiger partial charge in [-0.05, 0) is 36.8 Å². The van der Waals surface area contributed by atoms with Gasteiger partial charge in [0.1, 0.15) is 0 Å². The van der Waals surface area contributed by atoms with Gasteiger partial charge in [-0.1, -0.05) is 12.1 Å². The van der Waals surface area contributed by atoms with E-state index in [-0.39, 0.29) is 16.8 Å². The van der Waals surface area contributed by atoms with Crippen LogP contribution in [0.15, 0.2) is 53.7 Å². The maximum atomic E-state index is 12.4. The van der Waals surface area contributed by atoms with Crippen LogP contribution in [0.25, 0.3) is 0 Å². The lowest BCUT2D eigenvalue weighted by molar-refractivity contribution is 0.0742. The van der Waals surface area contributed by atoms with E-state index in [0.29, 0.717) is 5.56 Å². The Hall–Kier alpha value is -2.21. The van der Waals surface area contributed by atoms with Crippen LogP contribution in [0, 0.1) is 0 Å². The molecule has 2 aromatic rings. The first-order valence-corrected chi connectivity index (χ1v) is 8.67. The Bertz CT molecular complexity index is 756. The van der Waals surface area contributed by atoms with Gasteiger partial charge in [-0.3, -0.25) is 9.78 Å². The van der Waals surface area contributed by atoms with Crippen LogP contribution in [0.3, 0.4) is 0 Å². The first-order valence-electron chi connectivity index (χ1n) is 6.78. The van der Waals surface area contributed by atoms with Gasteiger partial charge in [-0.15, -0.1) is 0 Å². The quantitative estimate of drug-likeness (QED) is 0.867. The molecule has 0 aliphatic carbocycles. The number of benzene rings is 1. The second-order valence-electron chi connectivity index (χ2n) is 5.17. The van der Waals surface area contributed by atoms with Crippen molar-refractivity contribution in [1.29, 1.82) is 0 Å². The van der Waals surface area contributed by atoms with E-state index in [4.69, 9.17) is 0 Å². The van der Waals surface area contributed by atoms with Crippen molar-refractivity contribution < 1.29 is 13.2 Å². The molecule has 1 heterocycles. The van der Waals surface area contributed by atoms with Gasteiger partial charge in [0, 0.05) is 25.7 Å². The third-order valence-electron chi connectivity index (χ3n) is 3.60. The molecular weight excluding hydrogens is 300 g/mol. The number of carbonyl (C=O) groups excluding carboxylic acids is 1. The highest BCUT2D eigenvalue weighted by atomic mass is 32.2. The van der Waals surface area contributed by atoms with Gasteiger partial charge in [0.15, 0.2) is 9.84 Å². The molecule has 0 spiro atoms. The average molecular weight is 318 g/mol. The molecule has 0 aliphatic rings. The van der Waals surface area contributed by atoms with Gasteiger partial charge in [0.25, 0.3) is 5.91 Å². The Morgan fingerprint density at radius 2 is 1.82 bits per heavy atom. The Labute approximate surface area is 130 Å². The number of rotatable bonds is 4. The summed E-state index contributed by atoms with van der Waals surface area (Å²) in [6.07, 6.45) is 4.31. The molecule has 1 atom stereocenters. The van der Waals surface area contributed by atoms with Gasteiger partial charge in [-0.25, -0.2) is 8.42 Å². The summed E-state index contributed by atoms with van der Waals surface area (Å²) in [4.78, 5) is 18.2. The standard InChI is InChI=1S/C16H18N2O3S/c1-12(13-6-8-15(9-7-13)22(3,20)21)18(2)16(19)14-5-4-10-17-11-14/h4-12H,1-3H3. The van der Waals surface area contributed by atoms with Crippen LogP contribution in [0.5, 0.6) is 0 Å². The lowest BCUT2D eigenvalue weighted by Gasteiger charge is -2.25. The van der Waals surface area contributed by atoms with E-state index in [9.17, 15) is 13.2 Å². The molecule has 0 bridgehead atoms. The molecular formula is C16H18N2O3S. The molecule has 0 radical (unpaired) electrons. The van der Waals surface area contributed by atoms with E-state index < -0.39 is 9.84 Å². The monoisotopic (exact) mass is 318 g/mol. The normalized spacial score (nSPS) is 12.7. The van der Waals surface area contributed by atoms with Crippen LogP contribution in [0.1, 0.15) is 28.9 Å². The summed E-state index contributed by atoms with van der Waals surface area (Å²) in [5.41, 5.74) is 1.39. The smallest absolute Gasteiger partial charge is 0.255 e. The second kappa shape index (κ2) is 6.27. The minimum Gasteiger partial charge on any atom is -0.335 e. The first kappa shape index (κ1) is 16.2. The topological polar surface area (TPSA) is 67.3 Å². The summed E-state index contributed by atoms with van der Waals surface area (Å²) in [6, 6.07) is 9.83. The van der Waals surface area contributed by atoms with E-state index in [2.05, 4.69) is 4.98 Å². The predicted octanol–water partition coefficient (Wildman–Crippen LogP) is 2.32. The molecule has 2 rings (SSSR count). The maximum Gasteiger partial charge on any atom is 0.255 e. The zero-order valence-corrected chi connectivity index (χ0v) is 13.5. The highest BCUT2D eigenvalue weighted by Crippen LogP contribution is 2.22. The number of sulfone groups is 1. The van der Waals surface area contributed by atoms with Gasteiger partial charge >= 0.3 is 0 Å². The highest BCUT2D eigenvalue weighted by molar-refractivity contribution is 7.90. The van der Waals surface area contributed by atoms with E-state index >= 15 is 0 Å². The third kappa shape index (κ3) is 3.51. The van der Waals surface area contributed by atoms with Crippen LogP contribution in [-0.4, -0.2) is 37.5 Å². The second-order valence-corrected chi connectivity index (χ2v) is 7.19. The number of hydrogen-bond acceptors (Lipinski definition) is 4. The molecule has 116 valence electrons. The zero-order chi connectivity index (χ0) is 16.3. The maximum absolute atomic E-state index is 12.4. The van der Waals surface area contributed by atoms with Crippen molar-refractivity contribution in [2.45, 2.75) is 17.9 Å².